The first-order valence-electron chi connectivity index (χ1n) is 10.9. The van der Waals surface area contributed by atoms with Gasteiger partial charge in [-0.05, 0) is 44.7 Å². The van der Waals surface area contributed by atoms with Crippen LogP contribution in [0.15, 0.2) is 36.9 Å². The van der Waals surface area contributed by atoms with Crippen molar-refractivity contribution in [3.63, 3.8) is 0 Å². The van der Waals surface area contributed by atoms with Crippen LogP contribution in [0.5, 0.6) is 11.8 Å². The Balaban J connectivity index is 1.50. The molecule has 0 spiro atoms. The summed E-state index contributed by atoms with van der Waals surface area (Å²) in [6.07, 6.45) is 11.3. The number of hydrogen-bond acceptors (Lipinski definition) is 6. The minimum absolute atomic E-state index is 0.0221. The van der Waals surface area contributed by atoms with Crippen LogP contribution in [0, 0.1) is 0 Å². The molecule has 1 atom stereocenters. The van der Waals surface area contributed by atoms with Gasteiger partial charge in [-0.3, -0.25) is 14.6 Å². The number of anilines is 1. The molecular formula is C23H23N7O2. The molecule has 4 aromatic rings. The SMILES string of the molecule is CC(=O)N1c2ccc(-c3cnn(C4CC4)c3)c(Oc3ncc4cn[nH]c4n3)c2CC[C@@H]1C. The largest absolute Gasteiger partial charge is 0.423 e. The first kappa shape index (κ1) is 19.0. The quantitative estimate of drug-likeness (QED) is 0.525. The zero-order valence-corrected chi connectivity index (χ0v) is 17.9. The van der Waals surface area contributed by atoms with Gasteiger partial charge in [0.15, 0.2) is 5.65 Å². The molecule has 9 nitrogen and oxygen atoms in total. The van der Waals surface area contributed by atoms with E-state index in [4.69, 9.17) is 4.74 Å². The molecule has 1 aliphatic heterocycles. The van der Waals surface area contributed by atoms with Crippen molar-refractivity contribution in [1.29, 1.82) is 0 Å². The second kappa shape index (κ2) is 7.15. The van der Waals surface area contributed by atoms with Gasteiger partial charge >= 0.3 is 6.01 Å². The van der Waals surface area contributed by atoms with Crippen LogP contribution in [0.2, 0.25) is 0 Å². The standard InChI is InChI=1S/C23H23N7O2/c1-13-3-6-19-20(30(13)14(2)31)8-7-18(16-11-26-29(12-16)17-4-5-17)21(19)32-23-24-9-15-10-25-28-22(15)27-23/h7-13,17H,3-6H2,1-2H3,(H,24,25,27,28)/t13-/m0/s1. The van der Waals surface area contributed by atoms with E-state index >= 15 is 0 Å². The Morgan fingerprint density at radius 1 is 1.19 bits per heavy atom. The number of nitrogens with one attached hydrogen (secondary N) is 1. The molecule has 1 aromatic carbocycles. The van der Waals surface area contributed by atoms with Crippen LogP contribution in [0.3, 0.4) is 0 Å². The Morgan fingerprint density at radius 3 is 2.88 bits per heavy atom. The summed E-state index contributed by atoms with van der Waals surface area (Å²) < 4.78 is 8.37. The Bertz CT molecular complexity index is 1340. The van der Waals surface area contributed by atoms with Crippen LogP contribution >= 0.6 is 0 Å². The fraction of sp³-hybridized carbons (Fsp3) is 0.348. The van der Waals surface area contributed by atoms with Gasteiger partial charge in [-0.25, -0.2) is 4.98 Å². The lowest BCUT2D eigenvalue weighted by atomic mass is 9.92. The van der Waals surface area contributed by atoms with Gasteiger partial charge in [0.1, 0.15) is 5.75 Å². The summed E-state index contributed by atoms with van der Waals surface area (Å²) in [4.78, 5) is 23.1. The van der Waals surface area contributed by atoms with E-state index in [1.54, 1.807) is 19.3 Å². The molecule has 1 saturated carbocycles. The maximum Gasteiger partial charge on any atom is 0.324 e. The lowest BCUT2D eigenvalue weighted by Crippen LogP contribution is -2.40. The van der Waals surface area contributed by atoms with Crippen molar-refractivity contribution in [2.24, 2.45) is 0 Å². The molecular weight excluding hydrogens is 406 g/mol. The molecule has 0 saturated heterocycles. The first-order chi connectivity index (χ1) is 15.6. The van der Waals surface area contributed by atoms with Gasteiger partial charge in [-0.2, -0.15) is 15.2 Å². The number of carbonyl (C=O) groups is 1. The van der Waals surface area contributed by atoms with Crippen molar-refractivity contribution in [3.8, 4) is 22.9 Å². The number of fused-ring (bicyclic) bond motifs is 2. The molecule has 0 unspecified atom stereocenters. The van der Waals surface area contributed by atoms with Crippen molar-refractivity contribution >= 4 is 22.6 Å². The van der Waals surface area contributed by atoms with Crippen molar-refractivity contribution < 1.29 is 9.53 Å². The van der Waals surface area contributed by atoms with Crippen LogP contribution in [-0.2, 0) is 11.2 Å². The molecule has 1 amide bonds. The van der Waals surface area contributed by atoms with Crippen LogP contribution in [0.4, 0.5) is 5.69 Å². The number of nitrogens with zero attached hydrogens (tertiary/aromatic N) is 6. The van der Waals surface area contributed by atoms with Crippen LogP contribution in [-0.4, -0.2) is 41.9 Å². The van der Waals surface area contributed by atoms with E-state index in [1.807, 2.05) is 27.9 Å². The third-order valence-corrected chi connectivity index (χ3v) is 6.28. The number of hydrogen-bond donors (Lipinski definition) is 1. The zero-order chi connectivity index (χ0) is 21.8. The highest BCUT2D eigenvalue weighted by molar-refractivity contribution is 5.95. The van der Waals surface area contributed by atoms with Crippen molar-refractivity contribution in [2.75, 3.05) is 4.90 Å². The Kier molecular flexibility index (Phi) is 4.24. The number of ether oxygens (including phenoxy) is 1. The number of benzene rings is 1. The van der Waals surface area contributed by atoms with Crippen molar-refractivity contribution in [1.82, 2.24) is 29.9 Å². The van der Waals surface area contributed by atoms with Gasteiger partial charge in [0, 0.05) is 42.0 Å². The Hall–Kier alpha value is -3.75. The first-order valence-corrected chi connectivity index (χ1v) is 10.9. The summed E-state index contributed by atoms with van der Waals surface area (Å²) in [5, 5.41) is 12.2. The topological polar surface area (TPSA) is 102 Å². The average Bonchev–Trinajstić information content (AvgIpc) is 3.32. The smallest absolute Gasteiger partial charge is 0.324 e. The molecule has 32 heavy (non-hydrogen) atoms. The second-order valence-electron chi connectivity index (χ2n) is 8.59. The Labute approximate surface area is 184 Å². The number of aromatic amines is 1. The summed E-state index contributed by atoms with van der Waals surface area (Å²) in [6, 6.07) is 4.88. The summed E-state index contributed by atoms with van der Waals surface area (Å²) >= 11 is 0. The molecule has 2 aliphatic rings. The number of amides is 1. The minimum atomic E-state index is 0.0221. The second-order valence-corrected chi connectivity index (χ2v) is 8.59. The van der Waals surface area contributed by atoms with Gasteiger partial charge in [-0.15, -0.1) is 0 Å². The number of carbonyl (C=O) groups excluding carboxylic acids is 1. The number of H-pyrrole nitrogens is 1. The summed E-state index contributed by atoms with van der Waals surface area (Å²) in [7, 11) is 0. The third kappa shape index (κ3) is 3.12. The summed E-state index contributed by atoms with van der Waals surface area (Å²) in [5.41, 5.74) is 4.38. The average molecular weight is 429 g/mol. The molecule has 0 radical (unpaired) electrons. The van der Waals surface area contributed by atoms with E-state index in [0.29, 0.717) is 17.4 Å². The molecule has 4 heterocycles. The molecule has 1 aliphatic carbocycles. The van der Waals surface area contributed by atoms with Gasteiger partial charge < -0.3 is 9.64 Å². The lowest BCUT2D eigenvalue weighted by Gasteiger charge is -2.35. The summed E-state index contributed by atoms with van der Waals surface area (Å²) in [5.74, 6) is 0.698. The molecule has 9 heteroatoms. The number of aromatic nitrogens is 6. The van der Waals surface area contributed by atoms with Gasteiger partial charge in [0.2, 0.25) is 5.91 Å². The van der Waals surface area contributed by atoms with E-state index in [1.165, 1.54) is 0 Å². The van der Waals surface area contributed by atoms with Crippen LogP contribution < -0.4 is 9.64 Å². The molecule has 6 rings (SSSR count). The predicted octanol–water partition coefficient (Wildman–Crippen LogP) is 4.03. The predicted molar refractivity (Wildman–Crippen MR) is 119 cm³/mol. The van der Waals surface area contributed by atoms with E-state index < -0.39 is 0 Å². The maximum atomic E-state index is 12.4. The molecule has 1 N–H and O–H groups in total. The molecule has 1 fully saturated rings. The number of rotatable bonds is 4. The van der Waals surface area contributed by atoms with Crippen LogP contribution in [0.25, 0.3) is 22.2 Å². The highest BCUT2D eigenvalue weighted by Crippen LogP contribution is 2.45. The van der Waals surface area contributed by atoms with Gasteiger partial charge in [0.25, 0.3) is 0 Å². The fourth-order valence-corrected chi connectivity index (χ4v) is 4.51. The van der Waals surface area contributed by atoms with E-state index in [9.17, 15) is 4.79 Å². The van der Waals surface area contributed by atoms with E-state index in [-0.39, 0.29) is 18.0 Å². The van der Waals surface area contributed by atoms with E-state index in [2.05, 4.69) is 38.4 Å². The van der Waals surface area contributed by atoms with E-state index in [0.717, 1.165) is 53.4 Å². The van der Waals surface area contributed by atoms with Crippen molar-refractivity contribution in [2.45, 2.75) is 51.6 Å². The molecule has 162 valence electrons. The highest BCUT2D eigenvalue weighted by Gasteiger charge is 2.31. The third-order valence-electron chi connectivity index (χ3n) is 6.28. The highest BCUT2D eigenvalue weighted by atomic mass is 16.5. The normalized spacial score (nSPS) is 18.1. The molecule has 3 aromatic heterocycles. The monoisotopic (exact) mass is 429 g/mol. The lowest BCUT2D eigenvalue weighted by molar-refractivity contribution is -0.117. The van der Waals surface area contributed by atoms with Crippen molar-refractivity contribution in [3.05, 3.63) is 42.5 Å². The summed E-state index contributed by atoms with van der Waals surface area (Å²) in [6.45, 7) is 3.68. The molecule has 0 bridgehead atoms. The van der Waals surface area contributed by atoms with Gasteiger partial charge in [-0.1, -0.05) is 0 Å². The zero-order valence-electron chi connectivity index (χ0n) is 17.9. The van der Waals surface area contributed by atoms with Gasteiger partial charge in [0.05, 0.1) is 29.5 Å². The Morgan fingerprint density at radius 2 is 2.06 bits per heavy atom. The maximum absolute atomic E-state index is 12.4. The fourth-order valence-electron chi connectivity index (χ4n) is 4.51. The van der Waals surface area contributed by atoms with Crippen LogP contribution in [0.1, 0.15) is 44.7 Å². The minimum Gasteiger partial charge on any atom is -0.423 e.